The van der Waals surface area contributed by atoms with Gasteiger partial charge in [-0.05, 0) is 74.7 Å². The molecule has 0 saturated carbocycles. The SMILES string of the molecule is Cc1ccc(Cl)cc1NC(=O)c1cccc(CCN2CCCCC2)c1. The highest BCUT2D eigenvalue weighted by Gasteiger charge is 2.11. The molecule has 1 fully saturated rings. The first kappa shape index (κ1) is 18.0. The number of nitrogens with one attached hydrogen (secondary N) is 1. The van der Waals surface area contributed by atoms with E-state index in [9.17, 15) is 4.79 Å². The van der Waals surface area contributed by atoms with Crippen LogP contribution in [-0.4, -0.2) is 30.4 Å². The molecule has 1 amide bonds. The lowest BCUT2D eigenvalue weighted by atomic mass is 10.1. The van der Waals surface area contributed by atoms with E-state index in [-0.39, 0.29) is 5.91 Å². The molecule has 0 spiro atoms. The topological polar surface area (TPSA) is 32.3 Å². The molecule has 1 aliphatic rings. The predicted molar refractivity (Wildman–Crippen MR) is 105 cm³/mol. The number of benzene rings is 2. The summed E-state index contributed by atoms with van der Waals surface area (Å²) in [5, 5.41) is 3.59. The molecule has 0 atom stereocenters. The van der Waals surface area contributed by atoms with Crippen LogP contribution in [0.1, 0.15) is 40.7 Å². The van der Waals surface area contributed by atoms with Crippen LogP contribution >= 0.6 is 11.6 Å². The van der Waals surface area contributed by atoms with Crippen LogP contribution in [0.15, 0.2) is 42.5 Å². The quantitative estimate of drug-likeness (QED) is 0.823. The molecule has 0 aromatic heterocycles. The van der Waals surface area contributed by atoms with Crippen molar-refractivity contribution in [1.82, 2.24) is 4.90 Å². The van der Waals surface area contributed by atoms with Gasteiger partial charge in [0.15, 0.2) is 0 Å². The molecule has 2 aromatic carbocycles. The fourth-order valence-corrected chi connectivity index (χ4v) is 3.43. The highest BCUT2D eigenvalue weighted by Crippen LogP contribution is 2.21. The molecule has 25 heavy (non-hydrogen) atoms. The van der Waals surface area contributed by atoms with Crippen LogP contribution in [-0.2, 0) is 6.42 Å². The summed E-state index contributed by atoms with van der Waals surface area (Å²) in [6.07, 6.45) is 4.95. The molecule has 1 N–H and O–H groups in total. The van der Waals surface area contributed by atoms with Crippen LogP contribution in [0, 0.1) is 6.92 Å². The van der Waals surface area contributed by atoms with Crippen LogP contribution in [0.3, 0.4) is 0 Å². The standard InChI is InChI=1S/C21H25ClN2O/c1-16-8-9-19(22)15-20(16)23-21(25)18-7-5-6-17(14-18)10-13-24-11-3-2-4-12-24/h5-9,14-15H,2-4,10-13H2,1H3,(H,23,25). The van der Waals surface area contributed by atoms with Crippen LogP contribution < -0.4 is 5.32 Å². The Labute approximate surface area is 155 Å². The summed E-state index contributed by atoms with van der Waals surface area (Å²) in [6, 6.07) is 13.4. The number of halogens is 1. The molecule has 4 heteroatoms. The number of anilines is 1. The van der Waals surface area contributed by atoms with Gasteiger partial charge in [-0.2, -0.15) is 0 Å². The number of rotatable bonds is 5. The fourth-order valence-electron chi connectivity index (χ4n) is 3.26. The largest absolute Gasteiger partial charge is 0.322 e. The van der Waals surface area contributed by atoms with E-state index in [1.165, 1.54) is 37.9 Å². The maximum Gasteiger partial charge on any atom is 0.255 e. The summed E-state index contributed by atoms with van der Waals surface area (Å²) in [4.78, 5) is 15.1. The third kappa shape index (κ3) is 5.07. The Balaban J connectivity index is 1.63. The molecule has 2 aromatic rings. The van der Waals surface area contributed by atoms with Crippen LogP contribution in [0.5, 0.6) is 0 Å². The zero-order valence-corrected chi connectivity index (χ0v) is 15.5. The maximum absolute atomic E-state index is 12.6. The summed E-state index contributed by atoms with van der Waals surface area (Å²) >= 11 is 6.03. The summed E-state index contributed by atoms with van der Waals surface area (Å²) in [5.41, 5.74) is 3.66. The molecule has 0 unspecified atom stereocenters. The lowest BCUT2D eigenvalue weighted by molar-refractivity contribution is 0.102. The van der Waals surface area contributed by atoms with Gasteiger partial charge in [-0.25, -0.2) is 0 Å². The highest BCUT2D eigenvalue weighted by molar-refractivity contribution is 6.31. The number of hydrogen-bond donors (Lipinski definition) is 1. The maximum atomic E-state index is 12.6. The first-order chi connectivity index (χ1) is 12.1. The van der Waals surface area contributed by atoms with E-state index in [0.29, 0.717) is 10.6 Å². The van der Waals surface area contributed by atoms with E-state index in [0.717, 1.165) is 24.2 Å². The van der Waals surface area contributed by atoms with Crippen LogP contribution in [0.4, 0.5) is 5.69 Å². The number of piperidine rings is 1. The zero-order chi connectivity index (χ0) is 17.6. The van der Waals surface area contributed by atoms with Crippen molar-refractivity contribution in [2.75, 3.05) is 25.0 Å². The van der Waals surface area contributed by atoms with Crippen molar-refractivity contribution < 1.29 is 4.79 Å². The number of carbonyl (C=O) groups is 1. The zero-order valence-electron chi connectivity index (χ0n) is 14.7. The lowest BCUT2D eigenvalue weighted by Crippen LogP contribution is -2.31. The minimum atomic E-state index is -0.0924. The summed E-state index contributed by atoms with van der Waals surface area (Å²) in [7, 11) is 0. The Kier molecular flexibility index (Phi) is 6.11. The number of nitrogens with zero attached hydrogens (tertiary/aromatic N) is 1. The third-order valence-electron chi connectivity index (χ3n) is 4.80. The van der Waals surface area contributed by atoms with Gasteiger partial charge in [-0.3, -0.25) is 4.79 Å². The average molecular weight is 357 g/mol. The Morgan fingerprint density at radius 1 is 1.12 bits per heavy atom. The predicted octanol–water partition coefficient (Wildman–Crippen LogP) is 4.93. The second-order valence-electron chi connectivity index (χ2n) is 6.77. The molecule has 1 saturated heterocycles. The summed E-state index contributed by atoms with van der Waals surface area (Å²) in [5.74, 6) is -0.0924. The molecule has 1 heterocycles. The molecule has 0 aliphatic carbocycles. The third-order valence-corrected chi connectivity index (χ3v) is 5.04. The van der Waals surface area contributed by atoms with Gasteiger partial charge in [0.05, 0.1) is 0 Å². The molecule has 0 bridgehead atoms. The van der Waals surface area contributed by atoms with Crippen molar-refractivity contribution in [3.63, 3.8) is 0 Å². The van der Waals surface area contributed by atoms with Gasteiger partial charge in [-0.1, -0.05) is 36.2 Å². The smallest absolute Gasteiger partial charge is 0.255 e. The number of amides is 1. The van der Waals surface area contributed by atoms with Gasteiger partial charge >= 0.3 is 0 Å². The van der Waals surface area contributed by atoms with Gasteiger partial charge in [0, 0.05) is 22.8 Å². The van der Waals surface area contributed by atoms with E-state index in [1.54, 1.807) is 6.07 Å². The molecular weight excluding hydrogens is 332 g/mol. The number of carbonyl (C=O) groups excluding carboxylic acids is 1. The molecule has 1 aliphatic heterocycles. The minimum absolute atomic E-state index is 0.0924. The molecule has 0 radical (unpaired) electrons. The van der Waals surface area contributed by atoms with Crippen molar-refractivity contribution in [2.45, 2.75) is 32.6 Å². The molecule has 3 nitrogen and oxygen atoms in total. The highest BCUT2D eigenvalue weighted by atomic mass is 35.5. The molecule has 3 rings (SSSR count). The van der Waals surface area contributed by atoms with Crippen molar-refractivity contribution in [2.24, 2.45) is 0 Å². The van der Waals surface area contributed by atoms with E-state index >= 15 is 0 Å². The van der Waals surface area contributed by atoms with Crippen molar-refractivity contribution in [1.29, 1.82) is 0 Å². The lowest BCUT2D eigenvalue weighted by Gasteiger charge is -2.26. The Hall–Kier alpha value is -1.84. The van der Waals surface area contributed by atoms with Crippen LogP contribution in [0.25, 0.3) is 0 Å². The monoisotopic (exact) mass is 356 g/mol. The number of likely N-dealkylation sites (tertiary alicyclic amines) is 1. The first-order valence-corrected chi connectivity index (χ1v) is 9.38. The van der Waals surface area contributed by atoms with Crippen molar-refractivity contribution in [3.8, 4) is 0 Å². The average Bonchev–Trinajstić information content (AvgIpc) is 2.64. The Bertz CT molecular complexity index is 738. The second-order valence-corrected chi connectivity index (χ2v) is 7.20. The van der Waals surface area contributed by atoms with Crippen LogP contribution in [0.2, 0.25) is 5.02 Å². The normalized spacial score (nSPS) is 15.1. The number of hydrogen-bond acceptors (Lipinski definition) is 2. The van der Waals surface area contributed by atoms with E-state index in [2.05, 4.69) is 16.3 Å². The first-order valence-electron chi connectivity index (χ1n) is 9.00. The van der Waals surface area contributed by atoms with Gasteiger partial charge in [0.1, 0.15) is 0 Å². The fraction of sp³-hybridized carbons (Fsp3) is 0.381. The van der Waals surface area contributed by atoms with Gasteiger partial charge in [-0.15, -0.1) is 0 Å². The van der Waals surface area contributed by atoms with E-state index in [4.69, 9.17) is 11.6 Å². The van der Waals surface area contributed by atoms with Gasteiger partial charge in [0.2, 0.25) is 0 Å². The Morgan fingerprint density at radius 2 is 1.92 bits per heavy atom. The second kappa shape index (κ2) is 8.50. The van der Waals surface area contributed by atoms with E-state index in [1.807, 2.05) is 37.3 Å². The minimum Gasteiger partial charge on any atom is -0.322 e. The summed E-state index contributed by atoms with van der Waals surface area (Å²) in [6.45, 7) is 5.43. The Morgan fingerprint density at radius 3 is 2.72 bits per heavy atom. The van der Waals surface area contributed by atoms with E-state index < -0.39 is 0 Å². The number of aryl methyl sites for hydroxylation is 1. The molecular formula is C21H25ClN2O. The summed E-state index contributed by atoms with van der Waals surface area (Å²) < 4.78 is 0. The van der Waals surface area contributed by atoms with Crippen molar-refractivity contribution >= 4 is 23.2 Å². The van der Waals surface area contributed by atoms with Gasteiger partial charge in [0.25, 0.3) is 5.91 Å². The molecule has 132 valence electrons. The van der Waals surface area contributed by atoms with Crippen molar-refractivity contribution in [3.05, 3.63) is 64.2 Å². The van der Waals surface area contributed by atoms with Gasteiger partial charge < -0.3 is 10.2 Å².